The monoisotopic (exact) mass is 340 g/mol. The summed E-state index contributed by atoms with van der Waals surface area (Å²) in [7, 11) is -3.56. The fourth-order valence-corrected chi connectivity index (χ4v) is 3.83. The van der Waals surface area contributed by atoms with Gasteiger partial charge in [0, 0.05) is 10.4 Å². The van der Waals surface area contributed by atoms with Crippen molar-refractivity contribution in [2.24, 2.45) is 0 Å². The minimum absolute atomic E-state index is 0.121. The van der Waals surface area contributed by atoms with Gasteiger partial charge in [0.05, 0.1) is 10.5 Å². The number of nitrogens with zero attached hydrogens (tertiary/aromatic N) is 2. The summed E-state index contributed by atoms with van der Waals surface area (Å²) in [5.74, 6) is 0.102. The molecule has 0 atom stereocenters. The van der Waals surface area contributed by atoms with Gasteiger partial charge in [-0.25, -0.2) is 8.42 Å². The predicted octanol–water partition coefficient (Wildman–Crippen LogP) is 3.43. The molecule has 0 aliphatic rings. The quantitative estimate of drug-likeness (QED) is 0.727. The van der Waals surface area contributed by atoms with Crippen LogP contribution in [0.5, 0.6) is 0 Å². The molecule has 0 saturated heterocycles. The summed E-state index contributed by atoms with van der Waals surface area (Å²) in [6.45, 7) is 0. The zero-order valence-electron chi connectivity index (χ0n) is 10.6. The molecule has 2 heterocycles. The second kappa shape index (κ2) is 5.59. The summed E-state index contributed by atoms with van der Waals surface area (Å²) in [5, 5.41) is 7.80. The van der Waals surface area contributed by atoms with E-state index in [0.717, 1.165) is 5.56 Å². The molecule has 0 unspecified atom stereocenters. The number of thiophene rings is 1. The summed E-state index contributed by atoms with van der Waals surface area (Å²) in [5.41, 5.74) is 0.777. The van der Waals surface area contributed by atoms with E-state index < -0.39 is 9.84 Å². The Balaban J connectivity index is 1.86. The normalized spacial score (nSPS) is 11.7. The molecular formula is C13H9ClN2O3S2. The summed E-state index contributed by atoms with van der Waals surface area (Å²) in [6.07, 6.45) is 0. The van der Waals surface area contributed by atoms with Crippen molar-refractivity contribution in [1.82, 2.24) is 10.1 Å². The van der Waals surface area contributed by atoms with E-state index in [1.165, 1.54) is 23.5 Å². The van der Waals surface area contributed by atoms with Crippen molar-refractivity contribution in [3.05, 3.63) is 51.9 Å². The van der Waals surface area contributed by atoms with Gasteiger partial charge < -0.3 is 4.52 Å². The summed E-state index contributed by atoms with van der Waals surface area (Å²) < 4.78 is 29.6. The molecule has 2 aromatic heterocycles. The molecule has 0 fully saturated rings. The predicted molar refractivity (Wildman–Crippen MR) is 80.0 cm³/mol. The second-order valence-corrected chi connectivity index (χ2v) is 7.45. The smallest absolute Gasteiger partial charge is 0.258 e. The molecule has 0 aliphatic carbocycles. The first kappa shape index (κ1) is 14.2. The van der Waals surface area contributed by atoms with Gasteiger partial charge in [-0.3, -0.25) is 0 Å². The molecule has 0 saturated carbocycles. The molecule has 3 aromatic rings. The lowest BCUT2D eigenvalue weighted by molar-refractivity contribution is 0.424. The Hall–Kier alpha value is -1.70. The van der Waals surface area contributed by atoms with Crippen LogP contribution in [0.2, 0.25) is 5.02 Å². The molecular weight excluding hydrogens is 332 g/mol. The molecule has 8 heteroatoms. The van der Waals surface area contributed by atoms with Crippen molar-refractivity contribution in [2.45, 2.75) is 10.6 Å². The molecule has 0 spiro atoms. The van der Waals surface area contributed by atoms with Crippen LogP contribution in [-0.2, 0) is 15.6 Å². The first-order valence-electron chi connectivity index (χ1n) is 5.88. The van der Waals surface area contributed by atoms with Crippen LogP contribution in [0.4, 0.5) is 0 Å². The van der Waals surface area contributed by atoms with Gasteiger partial charge in [0.25, 0.3) is 5.89 Å². The van der Waals surface area contributed by atoms with Crippen LogP contribution in [-0.4, -0.2) is 18.6 Å². The molecule has 5 nitrogen and oxygen atoms in total. The fraction of sp³-hybridized carbons (Fsp3) is 0.0769. The van der Waals surface area contributed by atoms with Crippen molar-refractivity contribution < 1.29 is 12.9 Å². The molecule has 1 aromatic carbocycles. The Morgan fingerprint density at radius 2 is 2.14 bits per heavy atom. The minimum Gasteiger partial charge on any atom is -0.334 e. The molecule has 0 amide bonds. The SMILES string of the molecule is O=S(=O)(Cc1noc(-c2ccsc2)n1)c1cccc(Cl)c1. The highest BCUT2D eigenvalue weighted by atomic mass is 35.5. The van der Waals surface area contributed by atoms with Gasteiger partial charge in [-0.1, -0.05) is 22.8 Å². The van der Waals surface area contributed by atoms with Crippen LogP contribution in [0.3, 0.4) is 0 Å². The van der Waals surface area contributed by atoms with E-state index in [0.29, 0.717) is 10.9 Å². The van der Waals surface area contributed by atoms with Crippen LogP contribution in [0.1, 0.15) is 5.82 Å². The lowest BCUT2D eigenvalue weighted by atomic mass is 10.3. The molecule has 0 N–H and O–H groups in total. The van der Waals surface area contributed by atoms with Crippen LogP contribution < -0.4 is 0 Å². The number of benzene rings is 1. The number of hydrogen-bond acceptors (Lipinski definition) is 6. The lowest BCUT2D eigenvalue weighted by Crippen LogP contribution is -2.06. The van der Waals surface area contributed by atoms with Gasteiger partial charge >= 0.3 is 0 Å². The summed E-state index contributed by atoms with van der Waals surface area (Å²) in [6, 6.07) is 7.91. The van der Waals surface area contributed by atoms with E-state index in [1.54, 1.807) is 12.1 Å². The van der Waals surface area contributed by atoms with Crippen LogP contribution in [0.25, 0.3) is 11.5 Å². The van der Waals surface area contributed by atoms with Crippen molar-refractivity contribution in [1.29, 1.82) is 0 Å². The van der Waals surface area contributed by atoms with Crippen LogP contribution >= 0.6 is 22.9 Å². The van der Waals surface area contributed by atoms with Crippen molar-refractivity contribution in [3.63, 3.8) is 0 Å². The van der Waals surface area contributed by atoms with Gasteiger partial charge in [0.15, 0.2) is 15.7 Å². The maximum Gasteiger partial charge on any atom is 0.258 e. The Morgan fingerprint density at radius 1 is 1.29 bits per heavy atom. The third kappa shape index (κ3) is 3.15. The Kier molecular flexibility index (Phi) is 3.79. The molecule has 0 radical (unpaired) electrons. The average Bonchev–Trinajstić information content (AvgIpc) is 3.08. The van der Waals surface area contributed by atoms with E-state index in [-0.39, 0.29) is 16.5 Å². The number of rotatable bonds is 4. The van der Waals surface area contributed by atoms with Gasteiger partial charge in [-0.2, -0.15) is 16.3 Å². The largest absolute Gasteiger partial charge is 0.334 e. The Bertz CT molecular complexity index is 857. The number of aromatic nitrogens is 2. The zero-order valence-corrected chi connectivity index (χ0v) is 13.0. The molecule has 0 bridgehead atoms. The van der Waals surface area contributed by atoms with Gasteiger partial charge in [0.2, 0.25) is 0 Å². The number of sulfone groups is 1. The van der Waals surface area contributed by atoms with Crippen LogP contribution in [0, 0.1) is 0 Å². The molecule has 3 rings (SSSR count). The van der Waals surface area contributed by atoms with E-state index in [2.05, 4.69) is 10.1 Å². The van der Waals surface area contributed by atoms with E-state index in [1.807, 2.05) is 16.8 Å². The van der Waals surface area contributed by atoms with Crippen molar-refractivity contribution in [3.8, 4) is 11.5 Å². The highest BCUT2D eigenvalue weighted by Gasteiger charge is 2.20. The summed E-state index contributed by atoms with van der Waals surface area (Å²) in [4.78, 5) is 4.24. The third-order valence-electron chi connectivity index (χ3n) is 2.71. The fourth-order valence-electron chi connectivity index (χ4n) is 1.73. The highest BCUT2D eigenvalue weighted by Crippen LogP contribution is 2.22. The van der Waals surface area contributed by atoms with E-state index in [9.17, 15) is 8.42 Å². The number of halogens is 1. The van der Waals surface area contributed by atoms with Gasteiger partial charge in [0.1, 0.15) is 5.75 Å². The average molecular weight is 341 g/mol. The van der Waals surface area contributed by atoms with Crippen molar-refractivity contribution in [2.75, 3.05) is 0 Å². The topological polar surface area (TPSA) is 73.1 Å². The van der Waals surface area contributed by atoms with Gasteiger partial charge in [-0.05, 0) is 29.6 Å². The molecule has 0 aliphatic heterocycles. The van der Waals surface area contributed by atoms with E-state index in [4.69, 9.17) is 16.1 Å². The Morgan fingerprint density at radius 3 is 2.86 bits per heavy atom. The molecule has 21 heavy (non-hydrogen) atoms. The van der Waals surface area contributed by atoms with Gasteiger partial charge in [-0.15, -0.1) is 0 Å². The highest BCUT2D eigenvalue weighted by molar-refractivity contribution is 7.90. The van der Waals surface area contributed by atoms with Crippen molar-refractivity contribution >= 4 is 32.8 Å². The zero-order chi connectivity index (χ0) is 14.9. The number of hydrogen-bond donors (Lipinski definition) is 0. The maximum atomic E-state index is 12.3. The minimum atomic E-state index is -3.56. The molecule has 108 valence electrons. The Labute approximate surface area is 130 Å². The second-order valence-electron chi connectivity index (χ2n) is 4.24. The lowest BCUT2D eigenvalue weighted by Gasteiger charge is -2.01. The third-order valence-corrected chi connectivity index (χ3v) is 5.24. The van der Waals surface area contributed by atoms with E-state index >= 15 is 0 Å². The standard InChI is InChI=1S/C13H9ClN2O3S2/c14-10-2-1-3-11(6-10)21(17,18)8-12-15-13(19-16-12)9-4-5-20-7-9/h1-7H,8H2. The summed E-state index contributed by atoms with van der Waals surface area (Å²) >= 11 is 7.31. The maximum absolute atomic E-state index is 12.3. The first-order chi connectivity index (χ1) is 10.0. The van der Waals surface area contributed by atoms with Crippen LogP contribution in [0.15, 0.2) is 50.5 Å². The first-order valence-corrected chi connectivity index (χ1v) is 8.85.